The van der Waals surface area contributed by atoms with Crippen LogP contribution in [-0.4, -0.2) is 26.1 Å². The number of thioether (sulfide) groups is 1. The third-order valence-electron chi connectivity index (χ3n) is 3.58. The van der Waals surface area contributed by atoms with Gasteiger partial charge in [0.15, 0.2) is 5.17 Å². The number of hydrogen-bond donors (Lipinski definition) is 1. The lowest BCUT2D eigenvalue weighted by Crippen LogP contribution is -2.19. The van der Waals surface area contributed by atoms with E-state index in [-0.39, 0.29) is 16.0 Å². The molecular weight excluding hydrogens is 410 g/mol. The number of halogens is 1. The molecule has 0 amide bonds. The van der Waals surface area contributed by atoms with Crippen LogP contribution >= 0.6 is 27.7 Å². The third-order valence-corrected chi connectivity index (χ3v) is 5.22. The van der Waals surface area contributed by atoms with Gasteiger partial charge in [-0.3, -0.25) is 9.79 Å². The maximum absolute atomic E-state index is 12.0. The second kappa shape index (κ2) is 7.76. The van der Waals surface area contributed by atoms with Crippen molar-refractivity contribution in [1.29, 1.82) is 0 Å². The number of nitrogens with zero attached hydrogens (tertiary/aromatic N) is 2. The quantitative estimate of drug-likeness (QED) is 0.249. The molecule has 3 rings (SSSR count). The number of fused-ring (bicyclic) bond motifs is 2. The fourth-order valence-electron chi connectivity index (χ4n) is 2.60. The van der Waals surface area contributed by atoms with Gasteiger partial charge in [0.05, 0.1) is 27.6 Å². The molecule has 4 nitrogen and oxygen atoms in total. The van der Waals surface area contributed by atoms with E-state index in [1.165, 1.54) is 0 Å². The largest absolute Gasteiger partial charge is 0.333 e. The molecule has 0 aliphatic rings. The van der Waals surface area contributed by atoms with Crippen LogP contribution in [0.4, 0.5) is 5.69 Å². The van der Waals surface area contributed by atoms with Gasteiger partial charge in [0.25, 0.3) is 0 Å². The molecule has 134 valence electrons. The highest BCUT2D eigenvalue weighted by molar-refractivity contribution is 9.09. The van der Waals surface area contributed by atoms with Gasteiger partial charge in [-0.1, -0.05) is 52.3 Å². The summed E-state index contributed by atoms with van der Waals surface area (Å²) in [5.41, 5.74) is 2.42. The molecule has 1 N–H and O–H groups in total. The van der Waals surface area contributed by atoms with E-state index >= 15 is 0 Å². The van der Waals surface area contributed by atoms with Crippen molar-refractivity contribution in [3.05, 3.63) is 48.5 Å². The Labute approximate surface area is 165 Å². The number of hydrogen-bond acceptors (Lipinski definition) is 4. The van der Waals surface area contributed by atoms with Crippen LogP contribution in [-0.2, 0) is 4.79 Å². The first-order valence-electron chi connectivity index (χ1n) is 8.28. The number of pyridine rings is 1. The zero-order valence-corrected chi connectivity index (χ0v) is 17.3. The van der Waals surface area contributed by atoms with E-state index in [1.807, 2.05) is 69.3 Å². The average Bonchev–Trinajstić information content (AvgIpc) is 2.60. The molecule has 2 aromatic carbocycles. The Bertz CT molecular complexity index is 941. The standard InChI is InChI=1S/C20H20BrN3OS/c1-20(2,3)24-19(26-17(25)12-21)23-18-13-8-4-6-10-15(13)22-16-11-7-5-9-14(16)18/h4-11H,12H2,1-3H3,(H,22,23,24). The molecule has 0 radical (unpaired) electrons. The number of carbonyl (C=O) groups excluding carboxylic acids is 1. The van der Waals surface area contributed by atoms with Crippen molar-refractivity contribution in [2.45, 2.75) is 26.3 Å². The lowest BCUT2D eigenvalue weighted by Gasteiger charge is -2.18. The zero-order chi connectivity index (χ0) is 18.7. The summed E-state index contributed by atoms with van der Waals surface area (Å²) in [6, 6.07) is 16.0. The second-order valence-electron chi connectivity index (χ2n) is 6.84. The first-order chi connectivity index (χ1) is 12.4. The molecule has 3 aromatic rings. The van der Waals surface area contributed by atoms with Crippen molar-refractivity contribution in [3.63, 3.8) is 0 Å². The highest BCUT2D eigenvalue weighted by Gasteiger charge is 2.17. The van der Waals surface area contributed by atoms with Crippen molar-refractivity contribution in [3.8, 4) is 0 Å². The first-order valence-corrected chi connectivity index (χ1v) is 10.2. The van der Waals surface area contributed by atoms with Crippen LogP contribution in [0.25, 0.3) is 21.8 Å². The number of para-hydroxylation sites is 2. The van der Waals surface area contributed by atoms with Gasteiger partial charge in [0.1, 0.15) is 0 Å². The van der Waals surface area contributed by atoms with E-state index in [4.69, 9.17) is 9.98 Å². The van der Waals surface area contributed by atoms with Crippen LogP contribution in [0.5, 0.6) is 0 Å². The molecule has 0 bridgehead atoms. The number of benzene rings is 2. The van der Waals surface area contributed by atoms with Gasteiger partial charge >= 0.3 is 0 Å². The van der Waals surface area contributed by atoms with Crippen molar-refractivity contribution in [2.75, 3.05) is 10.6 Å². The van der Waals surface area contributed by atoms with Crippen molar-refractivity contribution >= 4 is 65.5 Å². The van der Waals surface area contributed by atoms with Crippen LogP contribution in [0.1, 0.15) is 20.8 Å². The Morgan fingerprint density at radius 3 is 2.12 bits per heavy atom. The smallest absolute Gasteiger partial charge is 0.207 e. The summed E-state index contributed by atoms with van der Waals surface area (Å²) in [4.78, 5) is 21.5. The predicted octanol–water partition coefficient (Wildman–Crippen LogP) is 5.61. The lowest BCUT2D eigenvalue weighted by molar-refractivity contribution is -0.108. The summed E-state index contributed by atoms with van der Waals surface area (Å²) in [5.74, 6) is 0. The van der Waals surface area contributed by atoms with Crippen LogP contribution in [0.15, 0.2) is 53.5 Å². The SMILES string of the molecule is CC(C)(C)N=C(Nc1c2ccccc2nc2ccccc12)SC(=O)CBr. The van der Waals surface area contributed by atoms with Crippen LogP contribution < -0.4 is 5.32 Å². The summed E-state index contributed by atoms with van der Waals surface area (Å²) in [6.45, 7) is 6.03. The number of aromatic nitrogens is 1. The third kappa shape index (κ3) is 4.43. The van der Waals surface area contributed by atoms with Gasteiger partial charge in [-0.25, -0.2) is 4.98 Å². The summed E-state index contributed by atoms with van der Waals surface area (Å²) < 4.78 is 0. The number of aliphatic imine (C=N–C) groups is 1. The van der Waals surface area contributed by atoms with E-state index in [2.05, 4.69) is 21.2 Å². The minimum atomic E-state index is -0.305. The minimum Gasteiger partial charge on any atom is -0.333 e. The number of rotatable bonds is 2. The van der Waals surface area contributed by atoms with E-state index in [9.17, 15) is 4.79 Å². The summed E-state index contributed by atoms with van der Waals surface area (Å²) in [6.07, 6.45) is 0. The highest BCUT2D eigenvalue weighted by Crippen LogP contribution is 2.32. The molecule has 1 heterocycles. The van der Waals surface area contributed by atoms with Crippen molar-refractivity contribution in [2.24, 2.45) is 4.99 Å². The predicted molar refractivity (Wildman–Crippen MR) is 116 cm³/mol. The second-order valence-corrected chi connectivity index (χ2v) is 8.45. The molecule has 6 heteroatoms. The van der Waals surface area contributed by atoms with Crippen LogP contribution in [0, 0.1) is 0 Å². The zero-order valence-electron chi connectivity index (χ0n) is 14.9. The van der Waals surface area contributed by atoms with Gasteiger partial charge in [0.2, 0.25) is 5.12 Å². The average molecular weight is 430 g/mol. The van der Waals surface area contributed by atoms with Gasteiger partial charge in [0, 0.05) is 10.8 Å². The first kappa shape index (κ1) is 18.9. The fraction of sp³-hybridized carbons (Fsp3) is 0.250. The van der Waals surface area contributed by atoms with Gasteiger partial charge in [-0.05, 0) is 44.7 Å². The van der Waals surface area contributed by atoms with Gasteiger partial charge in [-0.2, -0.15) is 0 Å². The minimum absolute atomic E-state index is 0.00293. The van der Waals surface area contributed by atoms with E-state index < -0.39 is 0 Å². The number of anilines is 1. The van der Waals surface area contributed by atoms with Crippen molar-refractivity contribution in [1.82, 2.24) is 4.98 Å². The molecular formula is C20H20BrN3OS. The van der Waals surface area contributed by atoms with Crippen molar-refractivity contribution < 1.29 is 4.79 Å². The van der Waals surface area contributed by atoms with E-state index in [0.29, 0.717) is 5.17 Å². The van der Waals surface area contributed by atoms with E-state index in [1.54, 1.807) is 0 Å². The normalized spacial score (nSPS) is 12.5. The maximum atomic E-state index is 12.0. The van der Waals surface area contributed by atoms with Gasteiger partial charge < -0.3 is 5.32 Å². The Morgan fingerprint density at radius 2 is 1.62 bits per heavy atom. The molecule has 0 aliphatic carbocycles. The summed E-state index contributed by atoms with van der Waals surface area (Å²) in [5, 5.41) is 6.29. The highest BCUT2D eigenvalue weighted by atomic mass is 79.9. The molecule has 0 unspecified atom stereocenters. The number of alkyl halides is 1. The Hall–Kier alpha value is -1.92. The number of amidine groups is 1. The van der Waals surface area contributed by atoms with Crippen LogP contribution in [0.3, 0.4) is 0 Å². The monoisotopic (exact) mass is 429 g/mol. The lowest BCUT2D eigenvalue weighted by atomic mass is 10.1. The van der Waals surface area contributed by atoms with Gasteiger partial charge in [-0.15, -0.1) is 0 Å². The summed E-state index contributed by atoms with van der Waals surface area (Å²) >= 11 is 4.34. The number of carbonyl (C=O) groups is 1. The Morgan fingerprint density at radius 1 is 1.08 bits per heavy atom. The number of nitrogens with one attached hydrogen (secondary N) is 1. The molecule has 0 fully saturated rings. The molecule has 0 saturated carbocycles. The Kier molecular flexibility index (Phi) is 5.63. The topological polar surface area (TPSA) is 54.4 Å². The fourth-order valence-corrected chi connectivity index (χ4v) is 3.68. The molecule has 1 aromatic heterocycles. The molecule has 26 heavy (non-hydrogen) atoms. The molecule has 0 atom stereocenters. The maximum Gasteiger partial charge on any atom is 0.207 e. The summed E-state index contributed by atoms with van der Waals surface area (Å²) in [7, 11) is 0. The Balaban J connectivity index is 2.17. The molecule has 0 spiro atoms. The molecule has 0 aliphatic heterocycles. The van der Waals surface area contributed by atoms with E-state index in [0.717, 1.165) is 39.3 Å². The van der Waals surface area contributed by atoms with Crippen LogP contribution in [0.2, 0.25) is 0 Å². The molecule has 0 saturated heterocycles.